The summed E-state index contributed by atoms with van der Waals surface area (Å²) in [7, 11) is 0. The lowest BCUT2D eigenvalue weighted by molar-refractivity contribution is -0.00821. The van der Waals surface area contributed by atoms with E-state index in [0.29, 0.717) is 4.83 Å². The van der Waals surface area contributed by atoms with Crippen LogP contribution in [0.15, 0.2) is 18.2 Å². The molecule has 0 N–H and O–H groups in total. The van der Waals surface area contributed by atoms with E-state index in [2.05, 4.69) is 29.8 Å². The van der Waals surface area contributed by atoms with Gasteiger partial charge in [0.1, 0.15) is 11.9 Å². The van der Waals surface area contributed by atoms with Crippen LogP contribution in [0.3, 0.4) is 0 Å². The molecule has 1 nitrogen and oxygen atoms in total. The van der Waals surface area contributed by atoms with Crippen LogP contribution in [0.2, 0.25) is 5.02 Å². The SMILES string of the molecule is Cc1cc(Cl)ccc1OC1CC(Br)C1(C)C. The van der Waals surface area contributed by atoms with Gasteiger partial charge in [-0.2, -0.15) is 0 Å². The predicted molar refractivity (Wildman–Crippen MR) is 71.7 cm³/mol. The maximum absolute atomic E-state index is 6.03. The fourth-order valence-electron chi connectivity index (χ4n) is 1.93. The van der Waals surface area contributed by atoms with Crippen molar-refractivity contribution >= 4 is 27.5 Å². The van der Waals surface area contributed by atoms with Crippen LogP contribution in [0.25, 0.3) is 0 Å². The maximum Gasteiger partial charge on any atom is 0.122 e. The molecule has 0 bridgehead atoms. The molecule has 1 aliphatic rings. The van der Waals surface area contributed by atoms with Crippen molar-refractivity contribution in [2.24, 2.45) is 5.41 Å². The monoisotopic (exact) mass is 302 g/mol. The molecule has 1 saturated carbocycles. The highest BCUT2D eigenvalue weighted by atomic mass is 79.9. The standard InChI is InChI=1S/C13H16BrClO/c1-8-6-9(15)4-5-10(8)16-12-7-11(14)13(12,2)3/h4-6,11-12H,7H2,1-3H3. The average Bonchev–Trinajstić information content (AvgIpc) is 2.21. The second-order valence-electron chi connectivity index (χ2n) is 5.04. The van der Waals surface area contributed by atoms with Crippen molar-refractivity contribution < 1.29 is 4.74 Å². The number of alkyl halides is 1. The molecular formula is C13H16BrClO. The highest BCUT2D eigenvalue weighted by Crippen LogP contribution is 2.47. The average molecular weight is 304 g/mol. The predicted octanol–water partition coefficient (Wildman–Crippen LogP) is 4.59. The Bertz CT molecular complexity index is 403. The second kappa shape index (κ2) is 4.23. The minimum Gasteiger partial charge on any atom is -0.490 e. The highest BCUT2D eigenvalue weighted by molar-refractivity contribution is 9.09. The van der Waals surface area contributed by atoms with Crippen LogP contribution in [-0.2, 0) is 0 Å². The van der Waals surface area contributed by atoms with Crippen LogP contribution >= 0.6 is 27.5 Å². The lowest BCUT2D eigenvalue weighted by Gasteiger charge is -2.48. The normalized spacial score (nSPS) is 27.3. The molecule has 0 amide bonds. The van der Waals surface area contributed by atoms with Crippen LogP contribution in [0.4, 0.5) is 0 Å². The Labute approximate surface area is 110 Å². The molecule has 1 aliphatic carbocycles. The van der Waals surface area contributed by atoms with Crippen LogP contribution in [-0.4, -0.2) is 10.9 Å². The number of hydrogen-bond acceptors (Lipinski definition) is 1. The maximum atomic E-state index is 6.03. The Hall–Kier alpha value is -0.210. The quantitative estimate of drug-likeness (QED) is 0.726. The first kappa shape index (κ1) is 12.3. The van der Waals surface area contributed by atoms with E-state index in [1.807, 2.05) is 25.1 Å². The van der Waals surface area contributed by atoms with Crippen molar-refractivity contribution in [3.05, 3.63) is 28.8 Å². The molecule has 16 heavy (non-hydrogen) atoms. The molecule has 1 aromatic carbocycles. The van der Waals surface area contributed by atoms with Gasteiger partial charge in [0.15, 0.2) is 0 Å². The van der Waals surface area contributed by atoms with Gasteiger partial charge in [-0.05, 0) is 37.1 Å². The summed E-state index contributed by atoms with van der Waals surface area (Å²) in [6, 6.07) is 5.77. The molecule has 0 radical (unpaired) electrons. The number of aryl methyl sites for hydroxylation is 1. The minimum atomic E-state index is 0.200. The molecule has 2 atom stereocenters. The summed E-state index contributed by atoms with van der Waals surface area (Å²) in [6.07, 6.45) is 1.35. The topological polar surface area (TPSA) is 9.23 Å². The van der Waals surface area contributed by atoms with Crippen molar-refractivity contribution in [2.75, 3.05) is 0 Å². The first-order valence-electron chi connectivity index (χ1n) is 5.48. The third-order valence-electron chi connectivity index (χ3n) is 3.46. The molecule has 3 heteroatoms. The molecule has 0 spiro atoms. The van der Waals surface area contributed by atoms with Gasteiger partial charge in [-0.15, -0.1) is 0 Å². The zero-order valence-electron chi connectivity index (χ0n) is 9.76. The zero-order chi connectivity index (χ0) is 11.9. The molecular weight excluding hydrogens is 287 g/mol. The van der Waals surface area contributed by atoms with Gasteiger partial charge in [-0.25, -0.2) is 0 Å². The third kappa shape index (κ3) is 2.10. The first-order chi connectivity index (χ1) is 7.41. The van der Waals surface area contributed by atoms with E-state index in [-0.39, 0.29) is 11.5 Å². The number of rotatable bonds is 2. The lowest BCUT2D eigenvalue weighted by atomic mass is 9.69. The van der Waals surface area contributed by atoms with E-state index in [1.165, 1.54) is 0 Å². The Balaban J connectivity index is 2.11. The van der Waals surface area contributed by atoms with E-state index >= 15 is 0 Å². The molecule has 2 unspecified atom stereocenters. The molecule has 0 aliphatic heterocycles. The summed E-state index contributed by atoms with van der Waals surface area (Å²) in [6.45, 7) is 6.48. The largest absolute Gasteiger partial charge is 0.490 e. The first-order valence-corrected chi connectivity index (χ1v) is 6.77. The fraction of sp³-hybridized carbons (Fsp3) is 0.538. The molecule has 0 saturated heterocycles. The van der Waals surface area contributed by atoms with Gasteiger partial charge in [0.25, 0.3) is 0 Å². The number of hydrogen-bond donors (Lipinski definition) is 0. The van der Waals surface area contributed by atoms with Crippen LogP contribution in [0.5, 0.6) is 5.75 Å². The van der Waals surface area contributed by atoms with Crippen molar-refractivity contribution in [1.82, 2.24) is 0 Å². The lowest BCUT2D eigenvalue weighted by Crippen LogP contribution is -2.53. The molecule has 0 aromatic heterocycles. The van der Waals surface area contributed by atoms with E-state index in [1.54, 1.807) is 0 Å². The minimum absolute atomic E-state index is 0.200. The van der Waals surface area contributed by atoms with Crippen molar-refractivity contribution in [1.29, 1.82) is 0 Å². The van der Waals surface area contributed by atoms with E-state index in [4.69, 9.17) is 16.3 Å². The van der Waals surface area contributed by atoms with Gasteiger partial charge in [-0.3, -0.25) is 0 Å². The summed E-state index contributed by atoms with van der Waals surface area (Å²) in [4.78, 5) is 0.553. The van der Waals surface area contributed by atoms with Crippen molar-refractivity contribution in [2.45, 2.75) is 38.1 Å². The molecule has 2 rings (SSSR count). The molecule has 1 fully saturated rings. The summed E-state index contributed by atoms with van der Waals surface area (Å²) < 4.78 is 6.03. The molecule has 1 aromatic rings. The highest BCUT2D eigenvalue weighted by Gasteiger charge is 2.48. The van der Waals surface area contributed by atoms with Gasteiger partial charge < -0.3 is 4.74 Å². The fourth-order valence-corrected chi connectivity index (χ4v) is 2.80. The zero-order valence-corrected chi connectivity index (χ0v) is 12.1. The number of benzene rings is 1. The third-order valence-corrected chi connectivity index (χ3v) is 5.25. The van der Waals surface area contributed by atoms with E-state index in [0.717, 1.165) is 22.8 Å². The van der Waals surface area contributed by atoms with Gasteiger partial charge in [-0.1, -0.05) is 41.4 Å². The van der Waals surface area contributed by atoms with Gasteiger partial charge in [0.2, 0.25) is 0 Å². The van der Waals surface area contributed by atoms with Gasteiger partial charge in [0, 0.05) is 15.3 Å². The Morgan fingerprint density at radius 1 is 1.44 bits per heavy atom. The van der Waals surface area contributed by atoms with Gasteiger partial charge >= 0.3 is 0 Å². The number of halogens is 2. The van der Waals surface area contributed by atoms with E-state index in [9.17, 15) is 0 Å². The Morgan fingerprint density at radius 2 is 2.12 bits per heavy atom. The Morgan fingerprint density at radius 3 is 2.62 bits per heavy atom. The van der Waals surface area contributed by atoms with E-state index < -0.39 is 0 Å². The number of ether oxygens (including phenoxy) is 1. The Kier molecular flexibility index (Phi) is 3.24. The van der Waals surface area contributed by atoms with Crippen molar-refractivity contribution in [3.8, 4) is 5.75 Å². The molecule has 0 heterocycles. The molecule has 88 valence electrons. The van der Waals surface area contributed by atoms with Gasteiger partial charge in [0.05, 0.1) is 0 Å². The van der Waals surface area contributed by atoms with Crippen LogP contribution in [0, 0.1) is 12.3 Å². The second-order valence-corrected chi connectivity index (χ2v) is 6.58. The summed E-state index contributed by atoms with van der Waals surface area (Å²) in [5, 5.41) is 0.760. The summed E-state index contributed by atoms with van der Waals surface area (Å²) in [5.41, 5.74) is 1.30. The smallest absolute Gasteiger partial charge is 0.122 e. The summed E-state index contributed by atoms with van der Waals surface area (Å²) in [5.74, 6) is 0.946. The van der Waals surface area contributed by atoms with Crippen molar-refractivity contribution in [3.63, 3.8) is 0 Å². The van der Waals surface area contributed by atoms with Crippen LogP contribution in [0.1, 0.15) is 25.8 Å². The van der Waals surface area contributed by atoms with Crippen LogP contribution < -0.4 is 4.74 Å². The summed E-state index contributed by atoms with van der Waals surface area (Å²) >= 11 is 9.58.